The smallest absolute Gasteiger partial charge is 0.213 e. The Morgan fingerprint density at radius 2 is 2.03 bits per heavy atom. The molecule has 0 bridgehead atoms. The van der Waals surface area contributed by atoms with Gasteiger partial charge in [-0.25, -0.2) is 13.1 Å². The summed E-state index contributed by atoms with van der Waals surface area (Å²) in [7, 11) is -3.46. The first-order chi connectivity index (χ1) is 16.2. The number of ether oxygens (including phenoxy) is 1. The number of piperidine rings is 1. The second-order valence-corrected chi connectivity index (χ2v) is 11.5. The molecule has 3 rings (SSSR count). The van der Waals surface area contributed by atoms with Crippen molar-refractivity contribution in [3.63, 3.8) is 0 Å². The highest BCUT2D eigenvalue weighted by atomic mass is 32.2. The van der Waals surface area contributed by atoms with Crippen LogP contribution in [-0.2, 0) is 27.8 Å². The second-order valence-electron chi connectivity index (χ2n) is 9.56. The highest BCUT2D eigenvalue weighted by Gasteiger charge is 2.41. The largest absolute Gasteiger partial charge is 0.392 e. The van der Waals surface area contributed by atoms with Crippen LogP contribution in [0.25, 0.3) is 0 Å². The van der Waals surface area contributed by atoms with Gasteiger partial charge in [0, 0.05) is 32.4 Å². The zero-order valence-corrected chi connectivity index (χ0v) is 21.9. The number of rotatable bonds is 11. The third-order valence-corrected chi connectivity index (χ3v) is 8.21. The van der Waals surface area contributed by atoms with Gasteiger partial charge in [0.2, 0.25) is 10.0 Å². The summed E-state index contributed by atoms with van der Waals surface area (Å²) in [6, 6.07) is 0. The van der Waals surface area contributed by atoms with E-state index in [0.717, 1.165) is 57.5 Å². The first kappa shape index (κ1) is 27.0. The number of hydrogen-bond acceptors (Lipinski definition) is 7. The SMILES string of the molecule is CCC(=CC1=C(C)CCOC12CCN(Cc1cn(CCS(=O)(=O)NCC(C)O)nn1)CC2)CC. The van der Waals surface area contributed by atoms with Gasteiger partial charge in [-0.3, -0.25) is 9.58 Å². The molecule has 192 valence electrons. The van der Waals surface area contributed by atoms with Crippen LogP contribution in [-0.4, -0.2) is 77.1 Å². The van der Waals surface area contributed by atoms with Crippen molar-refractivity contribution in [2.24, 2.45) is 0 Å². The number of aryl methyl sites for hydroxylation is 1. The number of likely N-dealkylation sites (tertiary alicyclic amines) is 1. The maximum absolute atomic E-state index is 12.0. The first-order valence-electron chi connectivity index (χ1n) is 12.5. The summed E-state index contributed by atoms with van der Waals surface area (Å²) in [4.78, 5) is 2.37. The fourth-order valence-electron chi connectivity index (χ4n) is 4.68. The molecule has 2 N–H and O–H groups in total. The maximum atomic E-state index is 12.0. The van der Waals surface area contributed by atoms with E-state index < -0.39 is 16.1 Å². The molecule has 0 amide bonds. The van der Waals surface area contributed by atoms with Gasteiger partial charge >= 0.3 is 0 Å². The van der Waals surface area contributed by atoms with Crippen molar-refractivity contribution in [1.29, 1.82) is 0 Å². The number of aliphatic hydroxyl groups is 1. The van der Waals surface area contributed by atoms with Crippen LogP contribution in [0, 0.1) is 0 Å². The molecule has 1 aromatic rings. The predicted octanol–water partition coefficient (Wildman–Crippen LogP) is 2.40. The Balaban J connectivity index is 1.56. The lowest BCUT2D eigenvalue weighted by atomic mass is 9.78. The highest BCUT2D eigenvalue weighted by molar-refractivity contribution is 7.89. The van der Waals surface area contributed by atoms with E-state index >= 15 is 0 Å². The highest BCUT2D eigenvalue weighted by Crippen LogP contribution is 2.41. The summed E-state index contributed by atoms with van der Waals surface area (Å²) in [5.41, 5.74) is 4.98. The van der Waals surface area contributed by atoms with Crippen molar-refractivity contribution in [2.45, 2.75) is 84.6 Å². The van der Waals surface area contributed by atoms with Crippen LogP contribution in [0.4, 0.5) is 0 Å². The van der Waals surface area contributed by atoms with E-state index in [1.165, 1.54) is 23.6 Å². The molecular weight excluding hydrogens is 454 g/mol. The van der Waals surface area contributed by atoms with Crippen LogP contribution < -0.4 is 4.72 Å². The van der Waals surface area contributed by atoms with E-state index in [2.05, 4.69) is 46.8 Å². The minimum absolute atomic E-state index is 0.00945. The van der Waals surface area contributed by atoms with Crippen LogP contribution >= 0.6 is 0 Å². The Morgan fingerprint density at radius 1 is 1.32 bits per heavy atom. The first-order valence-corrected chi connectivity index (χ1v) is 14.1. The molecule has 1 fully saturated rings. The molecule has 2 aliphatic heterocycles. The lowest BCUT2D eigenvalue weighted by molar-refractivity contribution is -0.0645. The van der Waals surface area contributed by atoms with Crippen LogP contribution in [0.3, 0.4) is 0 Å². The van der Waals surface area contributed by atoms with Crippen molar-refractivity contribution in [1.82, 2.24) is 24.6 Å². The van der Waals surface area contributed by atoms with Crippen molar-refractivity contribution in [2.75, 3.05) is 32.0 Å². The number of allylic oxidation sites excluding steroid dienone is 1. The molecule has 9 nitrogen and oxygen atoms in total. The Morgan fingerprint density at radius 3 is 2.68 bits per heavy atom. The van der Waals surface area contributed by atoms with Crippen LogP contribution in [0.15, 0.2) is 29.0 Å². The Hall–Kier alpha value is -1.59. The molecule has 1 aromatic heterocycles. The molecule has 0 aromatic carbocycles. The van der Waals surface area contributed by atoms with Gasteiger partial charge in [0.15, 0.2) is 0 Å². The van der Waals surface area contributed by atoms with Gasteiger partial charge in [0.1, 0.15) is 0 Å². The summed E-state index contributed by atoms with van der Waals surface area (Å²) < 4.78 is 34.4. The van der Waals surface area contributed by atoms with Gasteiger partial charge in [0.25, 0.3) is 0 Å². The summed E-state index contributed by atoms with van der Waals surface area (Å²) in [5, 5.41) is 17.6. The molecular formula is C24H41N5O4S. The molecule has 1 unspecified atom stereocenters. The fraction of sp³-hybridized carbons (Fsp3) is 0.750. The quantitative estimate of drug-likeness (QED) is 0.485. The molecule has 2 aliphatic rings. The molecule has 3 heterocycles. The second kappa shape index (κ2) is 11.9. The Kier molecular flexibility index (Phi) is 9.45. The fourth-order valence-corrected chi connectivity index (χ4v) is 5.75. The van der Waals surface area contributed by atoms with E-state index in [4.69, 9.17) is 4.74 Å². The van der Waals surface area contributed by atoms with Crippen LogP contribution in [0.2, 0.25) is 0 Å². The molecule has 0 aliphatic carbocycles. The minimum Gasteiger partial charge on any atom is -0.392 e. The van der Waals surface area contributed by atoms with E-state index in [1.807, 2.05) is 6.20 Å². The number of nitrogens with one attached hydrogen (secondary N) is 1. The summed E-state index contributed by atoms with van der Waals surface area (Å²) in [5.74, 6) is -0.106. The molecule has 1 atom stereocenters. The van der Waals surface area contributed by atoms with E-state index in [1.54, 1.807) is 4.68 Å². The van der Waals surface area contributed by atoms with Gasteiger partial charge in [-0.05, 0) is 51.5 Å². The normalized spacial score (nSPS) is 20.0. The third-order valence-electron chi connectivity index (χ3n) is 6.89. The predicted molar refractivity (Wildman–Crippen MR) is 133 cm³/mol. The van der Waals surface area contributed by atoms with Gasteiger partial charge in [0.05, 0.1) is 36.3 Å². The Labute approximate surface area is 204 Å². The van der Waals surface area contributed by atoms with E-state index in [9.17, 15) is 13.5 Å². The van der Waals surface area contributed by atoms with Gasteiger partial charge in [-0.2, -0.15) is 0 Å². The molecule has 1 spiro atoms. The zero-order chi connectivity index (χ0) is 24.8. The summed E-state index contributed by atoms with van der Waals surface area (Å²) in [6.45, 7) is 11.8. The number of sulfonamides is 1. The average Bonchev–Trinajstić information content (AvgIpc) is 3.26. The molecule has 10 heteroatoms. The van der Waals surface area contributed by atoms with Crippen molar-refractivity contribution in [3.8, 4) is 0 Å². The number of aliphatic hydroxyl groups excluding tert-OH is 1. The molecule has 1 saturated heterocycles. The number of aromatic nitrogens is 3. The number of hydrogen-bond donors (Lipinski definition) is 2. The average molecular weight is 496 g/mol. The molecule has 0 radical (unpaired) electrons. The van der Waals surface area contributed by atoms with Crippen LogP contribution in [0.1, 0.15) is 65.5 Å². The van der Waals surface area contributed by atoms with Crippen LogP contribution in [0.5, 0.6) is 0 Å². The number of nitrogens with zero attached hydrogens (tertiary/aromatic N) is 4. The van der Waals surface area contributed by atoms with Gasteiger partial charge < -0.3 is 9.84 Å². The maximum Gasteiger partial charge on any atom is 0.213 e. The van der Waals surface area contributed by atoms with Crippen molar-refractivity contribution < 1.29 is 18.3 Å². The van der Waals surface area contributed by atoms with E-state index in [0.29, 0.717) is 6.54 Å². The zero-order valence-electron chi connectivity index (χ0n) is 21.1. The van der Waals surface area contributed by atoms with Crippen molar-refractivity contribution >= 4 is 10.0 Å². The molecule has 0 saturated carbocycles. The lowest BCUT2D eigenvalue weighted by Gasteiger charge is -2.45. The van der Waals surface area contributed by atoms with Gasteiger partial charge in [-0.1, -0.05) is 36.3 Å². The monoisotopic (exact) mass is 495 g/mol. The Bertz CT molecular complexity index is 969. The lowest BCUT2D eigenvalue weighted by Crippen LogP contribution is -2.48. The van der Waals surface area contributed by atoms with E-state index in [-0.39, 0.29) is 24.4 Å². The standard InChI is InChI=1S/C24H41N5O4S/c1-5-21(6-2)15-23-19(3)7-13-33-24(23)8-10-28(11-9-24)17-22-18-29(27-26-22)12-14-34(31,32)25-16-20(4)30/h15,18,20,25,30H,5-14,16-17H2,1-4H3. The summed E-state index contributed by atoms with van der Waals surface area (Å²) in [6.07, 6.45) is 8.56. The minimum atomic E-state index is -3.46. The molecule has 34 heavy (non-hydrogen) atoms. The topological polar surface area (TPSA) is 110 Å². The van der Waals surface area contributed by atoms with Crippen molar-refractivity contribution in [3.05, 3.63) is 34.7 Å². The summed E-state index contributed by atoms with van der Waals surface area (Å²) >= 11 is 0. The third kappa shape index (κ3) is 7.21. The van der Waals surface area contributed by atoms with Gasteiger partial charge in [-0.15, -0.1) is 5.10 Å².